The van der Waals surface area contributed by atoms with Gasteiger partial charge < -0.3 is 19.5 Å². The molecule has 3 rings (SSSR count). The smallest absolute Gasteiger partial charge is 0.224 e. The van der Waals surface area contributed by atoms with Crippen LogP contribution in [0.25, 0.3) is 0 Å². The molecule has 0 saturated heterocycles. The summed E-state index contributed by atoms with van der Waals surface area (Å²) in [7, 11) is 3.16. The van der Waals surface area contributed by atoms with E-state index in [0.717, 1.165) is 16.9 Å². The van der Waals surface area contributed by atoms with E-state index in [-0.39, 0.29) is 18.4 Å². The fraction of sp³-hybridized carbons (Fsp3) is 0.316. The van der Waals surface area contributed by atoms with Crippen molar-refractivity contribution in [2.45, 2.75) is 18.9 Å². The molecule has 0 aromatic heterocycles. The Morgan fingerprint density at radius 3 is 2.76 bits per heavy atom. The quantitative estimate of drug-likeness (QED) is 0.885. The van der Waals surface area contributed by atoms with Gasteiger partial charge in [0.2, 0.25) is 5.91 Å². The fourth-order valence-electron chi connectivity index (χ4n) is 2.94. The summed E-state index contributed by atoms with van der Waals surface area (Å²) in [5.41, 5.74) is 1.77. The SMILES string of the molecule is COc1ccc(CC(=O)NC2CCOc3ccc(Cl)cc32)cc1OC. The molecule has 1 aliphatic rings. The molecule has 0 fully saturated rings. The van der Waals surface area contributed by atoms with Crippen LogP contribution < -0.4 is 19.5 Å². The van der Waals surface area contributed by atoms with Crippen LogP contribution >= 0.6 is 11.6 Å². The van der Waals surface area contributed by atoms with Crippen molar-refractivity contribution >= 4 is 17.5 Å². The van der Waals surface area contributed by atoms with E-state index in [2.05, 4.69) is 5.32 Å². The molecule has 5 nitrogen and oxygen atoms in total. The van der Waals surface area contributed by atoms with E-state index in [0.29, 0.717) is 29.5 Å². The van der Waals surface area contributed by atoms with Crippen LogP contribution in [0.5, 0.6) is 17.2 Å². The average molecular weight is 362 g/mol. The molecular formula is C19H20ClNO4. The van der Waals surface area contributed by atoms with Gasteiger partial charge in [0, 0.05) is 17.0 Å². The van der Waals surface area contributed by atoms with Crippen molar-refractivity contribution in [3.05, 3.63) is 52.5 Å². The zero-order valence-corrected chi connectivity index (χ0v) is 14.9. The van der Waals surface area contributed by atoms with Crippen molar-refractivity contribution in [3.8, 4) is 17.2 Å². The predicted octanol–water partition coefficient (Wildman–Crippen LogP) is 3.54. The highest BCUT2D eigenvalue weighted by molar-refractivity contribution is 6.30. The van der Waals surface area contributed by atoms with Crippen molar-refractivity contribution in [2.24, 2.45) is 0 Å². The van der Waals surface area contributed by atoms with Crippen LogP contribution in [0.4, 0.5) is 0 Å². The first kappa shape index (κ1) is 17.4. The number of nitrogens with one attached hydrogen (secondary N) is 1. The minimum atomic E-state index is -0.102. The first-order chi connectivity index (χ1) is 12.1. The van der Waals surface area contributed by atoms with Gasteiger partial charge in [0.25, 0.3) is 0 Å². The summed E-state index contributed by atoms with van der Waals surface area (Å²) >= 11 is 6.08. The molecule has 0 saturated carbocycles. The summed E-state index contributed by atoms with van der Waals surface area (Å²) < 4.78 is 16.1. The molecule has 25 heavy (non-hydrogen) atoms. The Balaban J connectivity index is 1.71. The number of hydrogen-bond acceptors (Lipinski definition) is 4. The minimum absolute atomic E-state index is 0.0648. The number of ether oxygens (including phenoxy) is 3. The molecule has 2 aromatic carbocycles. The van der Waals surface area contributed by atoms with Crippen LogP contribution in [0.2, 0.25) is 5.02 Å². The first-order valence-corrected chi connectivity index (χ1v) is 8.41. The highest BCUT2D eigenvalue weighted by atomic mass is 35.5. The Hall–Kier alpha value is -2.40. The highest BCUT2D eigenvalue weighted by Crippen LogP contribution is 2.34. The van der Waals surface area contributed by atoms with E-state index in [9.17, 15) is 4.79 Å². The predicted molar refractivity (Wildman–Crippen MR) is 95.7 cm³/mol. The second kappa shape index (κ2) is 7.66. The van der Waals surface area contributed by atoms with Crippen LogP contribution in [0, 0.1) is 0 Å². The van der Waals surface area contributed by atoms with Gasteiger partial charge in [-0.2, -0.15) is 0 Å². The fourth-order valence-corrected chi connectivity index (χ4v) is 3.12. The summed E-state index contributed by atoms with van der Waals surface area (Å²) in [5, 5.41) is 3.70. The molecule has 6 heteroatoms. The maximum Gasteiger partial charge on any atom is 0.224 e. The lowest BCUT2D eigenvalue weighted by Crippen LogP contribution is -2.33. The lowest BCUT2D eigenvalue weighted by Gasteiger charge is -2.27. The number of hydrogen-bond donors (Lipinski definition) is 1. The van der Waals surface area contributed by atoms with Crippen LogP contribution in [0.15, 0.2) is 36.4 Å². The Morgan fingerprint density at radius 1 is 1.20 bits per heavy atom. The largest absolute Gasteiger partial charge is 0.493 e. The van der Waals surface area contributed by atoms with E-state index in [4.69, 9.17) is 25.8 Å². The third-order valence-electron chi connectivity index (χ3n) is 4.16. The first-order valence-electron chi connectivity index (χ1n) is 8.03. The van der Waals surface area contributed by atoms with Gasteiger partial charge >= 0.3 is 0 Å². The summed E-state index contributed by atoms with van der Waals surface area (Å²) in [5.74, 6) is 1.95. The van der Waals surface area contributed by atoms with Crippen molar-refractivity contribution < 1.29 is 19.0 Å². The van der Waals surface area contributed by atoms with Gasteiger partial charge in [0.15, 0.2) is 11.5 Å². The Labute approximate surface area is 151 Å². The number of halogens is 1. The van der Waals surface area contributed by atoms with Gasteiger partial charge in [0.1, 0.15) is 5.75 Å². The molecule has 1 N–H and O–H groups in total. The number of rotatable bonds is 5. The van der Waals surface area contributed by atoms with E-state index < -0.39 is 0 Å². The summed E-state index contributed by atoms with van der Waals surface area (Å²) in [6.07, 6.45) is 0.971. The average Bonchev–Trinajstić information content (AvgIpc) is 2.62. The zero-order valence-electron chi connectivity index (χ0n) is 14.2. The normalized spacial score (nSPS) is 15.7. The van der Waals surface area contributed by atoms with E-state index in [1.165, 1.54) is 0 Å². The molecule has 1 aliphatic heterocycles. The summed E-state index contributed by atoms with van der Waals surface area (Å²) in [6, 6.07) is 10.8. The highest BCUT2D eigenvalue weighted by Gasteiger charge is 2.23. The Bertz CT molecular complexity index is 778. The monoisotopic (exact) mass is 361 g/mol. The number of methoxy groups -OCH3 is 2. The molecule has 1 amide bonds. The number of carbonyl (C=O) groups excluding carboxylic acids is 1. The van der Waals surface area contributed by atoms with Crippen LogP contribution in [0.3, 0.4) is 0 Å². The van der Waals surface area contributed by atoms with Gasteiger partial charge in [-0.15, -0.1) is 0 Å². The topological polar surface area (TPSA) is 56.8 Å². The molecule has 1 unspecified atom stereocenters. The standard InChI is InChI=1S/C19H20ClNO4/c1-23-17-5-3-12(9-18(17)24-2)10-19(22)21-15-7-8-25-16-6-4-13(20)11-14(15)16/h3-6,9,11,15H,7-8,10H2,1-2H3,(H,21,22). The van der Waals surface area contributed by atoms with E-state index in [1.54, 1.807) is 26.4 Å². The van der Waals surface area contributed by atoms with Gasteiger partial charge in [-0.3, -0.25) is 4.79 Å². The zero-order chi connectivity index (χ0) is 17.8. The number of amides is 1. The molecule has 1 heterocycles. The molecule has 0 bridgehead atoms. The molecule has 132 valence electrons. The third kappa shape index (κ3) is 3.99. The minimum Gasteiger partial charge on any atom is -0.493 e. The summed E-state index contributed by atoms with van der Waals surface area (Å²) in [4.78, 5) is 12.5. The van der Waals surface area contributed by atoms with Crippen molar-refractivity contribution in [2.75, 3.05) is 20.8 Å². The number of carbonyl (C=O) groups is 1. The number of benzene rings is 2. The van der Waals surface area contributed by atoms with Crippen molar-refractivity contribution in [1.29, 1.82) is 0 Å². The van der Waals surface area contributed by atoms with Gasteiger partial charge in [0.05, 0.1) is 33.3 Å². The summed E-state index contributed by atoms with van der Waals surface area (Å²) in [6.45, 7) is 0.565. The Kier molecular flexibility index (Phi) is 5.34. The second-order valence-corrected chi connectivity index (χ2v) is 6.24. The maximum absolute atomic E-state index is 12.5. The van der Waals surface area contributed by atoms with E-state index >= 15 is 0 Å². The van der Waals surface area contributed by atoms with Gasteiger partial charge in [-0.25, -0.2) is 0 Å². The van der Waals surface area contributed by atoms with Crippen LogP contribution in [-0.2, 0) is 11.2 Å². The molecule has 0 aliphatic carbocycles. The van der Waals surface area contributed by atoms with Crippen molar-refractivity contribution in [3.63, 3.8) is 0 Å². The number of fused-ring (bicyclic) bond motifs is 1. The lowest BCUT2D eigenvalue weighted by atomic mass is 10.00. The molecule has 0 spiro atoms. The van der Waals surface area contributed by atoms with Crippen LogP contribution in [-0.4, -0.2) is 26.7 Å². The molecule has 0 radical (unpaired) electrons. The maximum atomic E-state index is 12.5. The molecular weight excluding hydrogens is 342 g/mol. The van der Waals surface area contributed by atoms with Gasteiger partial charge in [-0.05, 0) is 35.9 Å². The lowest BCUT2D eigenvalue weighted by molar-refractivity contribution is -0.121. The third-order valence-corrected chi connectivity index (χ3v) is 4.39. The van der Waals surface area contributed by atoms with Crippen molar-refractivity contribution in [1.82, 2.24) is 5.32 Å². The molecule has 1 atom stereocenters. The molecule has 2 aromatic rings. The van der Waals surface area contributed by atoms with Crippen LogP contribution in [0.1, 0.15) is 23.6 Å². The van der Waals surface area contributed by atoms with Gasteiger partial charge in [-0.1, -0.05) is 17.7 Å². The van der Waals surface area contributed by atoms with E-state index in [1.807, 2.05) is 24.3 Å². The Morgan fingerprint density at radius 2 is 2.00 bits per heavy atom. The second-order valence-electron chi connectivity index (χ2n) is 5.81.